The van der Waals surface area contributed by atoms with E-state index in [2.05, 4.69) is 0 Å². The molecule has 0 saturated carbocycles. The second-order valence-electron chi connectivity index (χ2n) is 4.25. The Morgan fingerprint density at radius 3 is 2.38 bits per heavy atom. The Balaban J connectivity index is 2.59. The van der Waals surface area contributed by atoms with Crippen LogP contribution in [-0.2, 0) is 0 Å². The third kappa shape index (κ3) is 3.62. The standard InChI is InChI=1S/C13H17ClO2/c1-9(2)13(14)12(16)8-11(15)10-6-4-3-5-7-10/h3-7,9,12-13,16H,8H2,1-2H3/t12-,13+/m1/s1. The molecule has 0 aromatic heterocycles. The van der Waals surface area contributed by atoms with E-state index < -0.39 is 6.10 Å². The van der Waals surface area contributed by atoms with Gasteiger partial charge in [-0.15, -0.1) is 11.6 Å². The number of aliphatic hydroxyl groups is 1. The molecule has 2 nitrogen and oxygen atoms in total. The molecular formula is C13H17ClO2. The van der Waals surface area contributed by atoms with Crippen LogP contribution in [0, 0.1) is 5.92 Å². The molecule has 0 aliphatic heterocycles. The predicted octanol–water partition coefficient (Wildman–Crippen LogP) is 2.88. The van der Waals surface area contributed by atoms with Gasteiger partial charge in [-0.1, -0.05) is 44.2 Å². The number of halogens is 1. The highest BCUT2D eigenvalue weighted by molar-refractivity contribution is 6.21. The van der Waals surface area contributed by atoms with Gasteiger partial charge in [-0.2, -0.15) is 0 Å². The molecule has 0 aliphatic rings. The van der Waals surface area contributed by atoms with Gasteiger partial charge in [0.1, 0.15) is 0 Å². The molecule has 3 heteroatoms. The van der Waals surface area contributed by atoms with Crippen molar-refractivity contribution in [3.63, 3.8) is 0 Å². The van der Waals surface area contributed by atoms with Crippen molar-refractivity contribution in [3.8, 4) is 0 Å². The number of carbonyl (C=O) groups is 1. The van der Waals surface area contributed by atoms with Gasteiger partial charge < -0.3 is 5.11 Å². The highest BCUT2D eigenvalue weighted by Gasteiger charge is 2.22. The first-order valence-corrected chi connectivity index (χ1v) is 5.86. The summed E-state index contributed by atoms with van der Waals surface area (Å²) < 4.78 is 0. The minimum absolute atomic E-state index is 0.0700. The maximum Gasteiger partial charge on any atom is 0.165 e. The first-order chi connectivity index (χ1) is 7.52. The summed E-state index contributed by atoms with van der Waals surface area (Å²) in [5, 5.41) is 9.39. The first kappa shape index (κ1) is 13.2. The zero-order valence-corrected chi connectivity index (χ0v) is 10.3. The summed E-state index contributed by atoms with van der Waals surface area (Å²) in [4.78, 5) is 11.8. The lowest BCUT2D eigenvalue weighted by Gasteiger charge is -2.19. The average molecular weight is 241 g/mol. The number of hydrogen-bond acceptors (Lipinski definition) is 2. The van der Waals surface area contributed by atoms with E-state index in [4.69, 9.17) is 11.6 Å². The molecule has 0 bridgehead atoms. The van der Waals surface area contributed by atoms with Gasteiger partial charge >= 0.3 is 0 Å². The summed E-state index contributed by atoms with van der Waals surface area (Å²) in [6, 6.07) is 8.95. The molecule has 0 aliphatic carbocycles. The van der Waals surface area contributed by atoms with Crippen molar-refractivity contribution in [2.75, 3.05) is 0 Å². The van der Waals surface area contributed by atoms with E-state index in [0.29, 0.717) is 5.56 Å². The molecule has 88 valence electrons. The van der Waals surface area contributed by atoms with E-state index >= 15 is 0 Å². The zero-order valence-electron chi connectivity index (χ0n) is 9.56. The second kappa shape index (κ2) is 6.02. The van der Waals surface area contributed by atoms with Crippen LogP contribution in [0.15, 0.2) is 30.3 Å². The van der Waals surface area contributed by atoms with Crippen LogP contribution >= 0.6 is 11.6 Å². The maximum atomic E-state index is 11.8. The van der Waals surface area contributed by atoms with E-state index in [1.165, 1.54) is 0 Å². The van der Waals surface area contributed by atoms with E-state index in [1.54, 1.807) is 24.3 Å². The summed E-state index contributed by atoms with van der Waals surface area (Å²) in [6.45, 7) is 3.85. The number of alkyl halides is 1. The molecule has 0 spiro atoms. The van der Waals surface area contributed by atoms with E-state index in [1.807, 2.05) is 19.9 Å². The number of benzene rings is 1. The Hall–Kier alpha value is -0.860. The van der Waals surface area contributed by atoms with Crippen LogP contribution in [0.4, 0.5) is 0 Å². The Morgan fingerprint density at radius 2 is 1.88 bits per heavy atom. The zero-order chi connectivity index (χ0) is 12.1. The Kier molecular flexibility index (Phi) is 4.97. The van der Waals surface area contributed by atoms with Crippen LogP contribution in [0.2, 0.25) is 0 Å². The number of aliphatic hydroxyl groups excluding tert-OH is 1. The summed E-state index contributed by atoms with van der Waals surface area (Å²) in [5.74, 6) is 0.0830. The minimum atomic E-state index is -0.783. The Morgan fingerprint density at radius 1 is 1.31 bits per heavy atom. The van der Waals surface area contributed by atoms with Crippen molar-refractivity contribution in [3.05, 3.63) is 35.9 Å². The molecule has 1 N–H and O–H groups in total. The molecule has 0 heterocycles. The topological polar surface area (TPSA) is 37.3 Å². The molecule has 0 radical (unpaired) electrons. The van der Waals surface area contributed by atoms with Gasteiger partial charge in [0.05, 0.1) is 11.5 Å². The highest BCUT2D eigenvalue weighted by Crippen LogP contribution is 2.18. The molecule has 1 rings (SSSR count). The fourth-order valence-electron chi connectivity index (χ4n) is 1.49. The van der Waals surface area contributed by atoms with Gasteiger partial charge in [-0.25, -0.2) is 0 Å². The van der Waals surface area contributed by atoms with Gasteiger partial charge in [-0.05, 0) is 5.92 Å². The SMILES string of the molecule is CC(C)[C@H](Cl)[C@H](O)CC(=O)c1ccccc1. The fraction of sp³-hybridized carbons (Fsp3) is 0.462. The monoisotopic (exact) mass is 240 g/mol. The van der Waals surface area contributed by atoms with Crippen molar-refractivity contribution in [1.82, 2.24) is 0 Å². The van der Waals surface area contributed by atoms with Crippen molar-refractivity contribution >= 4 is 17.4 Å². The molecule has 2 atom stereocenters. The smallest absolute Gasteiger partial charge is 0.165 e. The van der Waals surface area contributed by atoms with E-state index in [-0.39, 0.29) is 23.5 Å². The van der Waals surface area contributed by atoms with E-state index in [9.17, 15) is 9.90 Å². The average Bonchev–Trinajstić information content (AvgIpc) is 2.28. The second-order valence-corrected chi connectivity index (χ2v) is 4.75. The highest BCUT2D eigenvalue weighted by atomic mass is 35.5. The van der Waals surface area contributed by atoms with E-state index in [0.717, 1.165) is 0 Å². The van der Waals surface area contributed by atoms with Crippen LogP contribution in [0.3, 0.4) is 0 Å². The largest absolute Gasteiger partial charge is 0.391 e. The van der Waals surface area contributed by atoms with Crippen molar-refractivity contribution in [2.45, 2.75) is 31.7 Å². The minimum Gasteiger partial charge on any atom is -0.391 e. The van der Waals surface area contributed by atoms with Gasteiger partial charge in [-0.3, -0.25) is 4.79 Å². The first-order valence-electron chi connectivity index (χ1n) is 5.42. The number of carbonyl (C=O) groups excluding carboxylic acids is 1. The van der Waals surface area contributed by atoms with Gasteiger partial charge in [0.15, 0.2) is 5.78 Å². The van der Waals surface area contributed by atoms with Crippen LogP contribution in [-0.4, -0.2) is 22.4 Å². The predicted molar refractivity (Wildman–Crippen MR) is 65.9 cm³/mol. The fourth-order valence-corrected chi connectivity index (χ4v) is 1.58. The van der Waals surface area contributed by atoms with Gasteiger partial charge in [0.25, 0.3) is 0 Å². The van der Waals surface area contributed by atoms with Crippen molar-refractivity contribution in [1.29, 1.82) is 0 Å². The number of hydrogen-bond donors (Lipinski definition) is 1. The summed E-state index contributed by atoms with van der Waals surface area (Å²) in [5.41, 5.74) is 0.620. The lowest BCUT2D eigenvalue weighted by molar-refractivity contribution is 0.0855. The molecule has 1 aromatic carbocycles. The molecular weight excluding hydrogens is 224 g/mol. The number of rotatable bonds is 5. The van der Waals surface area contributed by atoms with Gasteiger partial charge in [0.2, 0.25) is 0 Å². The number of ketones is 1. The van der Waals surface area contributed by atoms with Crippen molar-refractivity contribution in [2.24, 2.45) is 5.92 Å². The summed E-state index contributed by atoms with van der Waals surface area (Å²) in [7, 11) is 0. The van der Waals surface area contributed by atoms with Crippen LogP contribution in [0.1, 0.15) is 30.6 Å². The molecule has 0 saturated heterocycles. The Labute approximate surface area is 101 Å². The third-order valence-electron chi connectivity index (χ3n) is 2.49. The third-order valence-corrected chi connectivity index (χ3v) is 3.29. The Bertz CT molecular complexity index is 335. The van der Waals surface area contributed by atoms with Crippen molar-refractivity contribution < 1.29 is 9.90 Å². The maximum absolute atomic E-state index is 11.8. The number of Topliss-reactive ketones (excluding diaryl/α,β-unsaturated/α-hetero) is 1. The van der Waals surface area contributed by atoms with Crippen LogP contribution in [0.25, 0.3) is 0 Å². The van der Waals surface area contributed by atoms with Gasteiger partial charge in [0, 0.05) is 12.0 Å². The molecule has 0 unspecified atom stereocenters. The molecule has 16 heavy (non-hydrogen) atoms. The molecule has 0 amide bonds. The lowest BCUT2D eigenvalue weighted by atomic mass is 9.98. The molecule has 1 aromatic rings. The molecule has 0 fully saturated rings. The normalized spacial score (nSPS) is 14.8. The van der Waals surface area contributed by atoms with Crippen LogP contribution < -0.4 is 0 Å². The quantitative estimate of drug-likeness (QED) is 0.635. The lowest BCUT2D eigenvalue weighted by Crippen LogP contribution is -2.28. The van der Waals surface area contributed by atoms with Crippen LogP contribution in [0.5, 0.6) is 0 Å². The summed E-state index contributed by atoms with van der Waals surface area (Å²) >= 11 is 6.00. The summed E-state index contributed by atoms with van der Waals surface area (Å²) in [6.07, 6.45) is -0.703.